The second kappa shape index (κ2) is 5.12. The van der Waals surface area contributed by atoms with Gasteiger partial charge in [-0.3, -0.25) is 4.79 Å². The normalized spacial score (nSPS) is 21.5. The maximum atomic E-state index is 12.1. The largest absolute Gasteiger partial charge is 0.362 e. The van der Waals surface area contributed by atoms with Crippen molar-refractivity contribution in [1.29, 1.82) is 0 Å². The lowest BCUT2D eigenvalue weighted by Gasteiger charge is -2.53. The lowest BCUT2D eigenvalue weighted by molar-refractivity contribution is -0.139. The van der Waals surface area contributed by atoms with Gasteiger partial charge in [0.2, 0.25) is 5.91 Å². The Morgan fingerprint density at radius 1 is 1.16 bits per heavy atom. The molecule has 1 amide bonds. The average Bonchev–Trinajstić information content (AvgIpc) is 2.35. The van der Waals surface area contributed by atoms with Gasteiger partial charge in [0.05, 0.1) is 6.04 Å². The van der Waals surface area contributed by atoms with Crippen molar-refractivity contribution in [2.24, 2.45) is 5.92 Å². The quantitative estimate of drug-likeness (QED) is 0.595. The van der Waals surface area contributed by atoms with Crippen LogP contribution in [-0.2, 0) is 4.79 Å². The number of rotatable bonds is 4. The number of carbonyl (C=O) groups is 1. The van der Waals surface area contributed by atoms with Crippen molar-refractivity contribution in [3.05, 3.63) is 35.9 Å². The van der Waals surface area contributed by atoms with Gasteiger partial charge in [-0.2, -0.15) is 0 Å². The molecule has 2 unspecified atom stereocenters. The number of benzene rings is 1. The van der Waals surface area contributed by atoms with E-state index in [1.165, 1.54) is 5.56 Å². The maximum Gasteiger partial charge on any atom is 0.217 e. The molecule has 0 saturated carbocycles. The predicted molar refractivity (Wildman–Crippen MR) is 82.4 cm³/mol. The molecular weight excluding hydrogens is 250 g/mol. The topological polar surface area (TPSA) is 20.3 Å². The summed E-state index contributed by atoms with van der Waals surface area (Å²) < 4.78 is 2.23. The number of hydrogen-bond donors (Lipinski definition) is 0. The Bertz CT molecular complexity index is 455. The van der Waals surface area contributed by atoms with E-state index >= 15 is 0 Å². The first kappa shape index (κ1) is 14.3. The van der Waals surface area contributed by atoms with Crippen molar-refractivity contribution in [1.82, 2.24) is 4.57 Å². The number of nitrogens with zero attached hydrogens (tertiary/aromatic N) is 1. The Hall–Kier alpha value is -1.09. The van der Waals surface area contributed by atoms with Crippen molar-refractivity contribution >= 4 is 14.1 Å². The lowest BCUT2D eigenvalue weighted by atomic mass is 9.97. The van der Waals surface area contributed by atoms with Gasteiger partial charge in [-0.15, -0.1) is 0 Å². The second-order valence-corrected chi connectivity index (χ2v) is 11.3. The lowest BCUT2D eigenvalue weighted by Crippen LogP contribution is -2.62. The first-order chi connectivity index (χ1) is 8.85. The third-order valence-corrected chi connectivity index (χ3v) is 9.57. The van der Waals surface area contributed by atoms with E-state index < -0.39 is 8.24 Å². The van der Waals surface area contributed by atoms with E-state index in [0.29, 0.717) is 29.8 Å². The monoisotopic (exact) mass is 275 g/mol. The van der Waals surface area contributed by atoms with Crippen LogP contribution < -0.4 is 0 Å². The molecule has 1 heterocycles. The molecule has 104 valence electrons. The molecule has 1 saturated heterocycles. The van der Waals surface area contributed by atoms with Crippen molar-refractivity contribution in [3.8, 4) is 0 Å². The highest BCUT2D eigenvalue weighted by atomic mass is 28.3. The molecule has 2 atom stereocenters. The summed E-state index contributed by atoms with van der Waals surface area (Å²) in [5.74, 6) is 0.976. The van der Waals surface area contributed by atoms with Crippen LogP contribution in [0.15, 0.2) is 30.3 Å². The Kier molecular flexibility index (Phi) is 3.86. The standard InChI is InChI=1S/C16H25NOSi/c1-12(2)13(3)19(4,5)17-15(11-16(17)18)14-9-7-6-8-10-14/h6-10,12-13,15H,11H2,1-5H3. The van der Waals surface area contributed by atoms with Crippen molar-refractivity contribution in [3.63, 3.8) is 0 Å². The van der Waals surface area contributed by atoms with Crippen molar-refractivity contribution < 1.29 is 4.79 Å². The number of β-lactam (4-membered cyclic amide) rings is 1. The van der Waals surface area contributed by atoms with E-state index in [0.717, 1.165) is 0 Å². The van der Waals surface area contributed by atoms with Gasteiger partial charge < -0.3 is 4.57 Å². The van der Waals surface area contributed by atoms with E-state index in [1.807, 2.05) is 6.07 Å². The van der Waals surface area contributed by atoms with Gasteiger partial charge in [0.25, 0.3) is 0 Å². The van der Waals surface area contributed by atoms with Crippen LogP contribution in [0.5, 0.6) is 0 Å². The van der Waals surface area contributed by atoms with Gasteiger partial charge >= 0.3 is 0 Å². The third-order valence-electron chi connectivity index (χ3n) is 4.87. The summed E-state index contributed by atoms with van der Waals surface area (Å²) in [7, 11) is -1.71. The van der Waals surface area contributed by atoms with Crippen molar-refractivity contribution in [2.75, 3.05) is 0 Å². The molecule has 1 aliphatic rings. The summed E-state index contributed by atoms with van der Waals surface area (Å²) in [4.78, 5) is 12.1. The maximum absolute atomic E-state index is 12.1. The molecule has 1 aliphatic heterocycles. The van der Waals surface area contributed by atoms with E-state index in [-0.39, 0.29) is 0 Å². The summed E-state index contributed by atoms with van der Waals surface area (Å²) in [6.45, 7) is 11.5. The molecule has 0 N–H and O–H groups in total. The van der Waals surface area contributed by atoms with Gasteiger partial charge in [0, 0.05) is 6.42 Å². The van der Waals surface area contributed by atoms with Gasteiger partial charge in [0.15, 0.2) is 8.24 Å². The smallest absolute Gasteiger partial charge is 0.217 e. The zero-order valence-electron chi connectivity index (χ0n) is 12.7. The molecule has 19 heavy (non-hydrogen) atoms. The molecule has 2 nitrogen and oxygen atoms in total. The molecule has 0 radical (unpaired) electrons. The first-order valence-electron chi connectivity index (χ1n) is 7.22. The van der Waals surface area contributed by atoms with Crippen molar-refractivity contribution in [2.45, 2.75) is 51.9 Å². The molecule has 0 bridgehead atoms. The van der Waals surface area contributed by atoms with Gasteiger partial charge in [-0.1, -0.05) is 64.2 Å². The molecular formula is C16H25NOSi. The summed E-state index contributed by atoms with van der Waals surface area (Å²) in [6, 6.07) is 10.8. The third kappa shape index (κ3) is 2.48. The average molecular weight is 275 g/mol. The second-order valence-electron chi connectivity index (χ2n) is 6.58. The first-order valence-corrected chi connectivity index (χ1v) is 10.2. The van der Waals surface area contributed by atoms with E-state index in [4.69, 9.17) is 0 Å². The molecule has 0 spiro atoms. The van der Waals surface area contributed by atoms with Gasteiger partial charge in [-0.25, -0.2) is 0 Å². The summed E-state index contributed by atoms with van der Waals surface area (Å²) >= 11 is 0. The van der Waals surface area contributed by atoms with Crippen LogP contribution in [0.25, 0.3) is 0 Å². The zero-order valence-corrected chi connectivity index (χ0v) is 13.7. The molecule has 1 aromatic rings. The highest BCUT2D eigenvalue weighted by molar-refractivity contribution is 6.78. The molecule has 1 aromatic carbocycles. The minimum Gasteiger partial charge on any atom is -0.362 e. The van der Waals surface area contributed by atoms with Crippen LogP contribution >= 0.6 is 0 Å². The summed E-state index contributed by atoms with van der Waals surface area (Å²) in [6.07, 6.45) is 0.686. The Morgan fingerprint density at radius 3 is 2.21 bits per heavy atom. The molecule has 1 fully saturated rings. The van der Waals surface area contributed by atoms with Crippen LogP contribution in [0.4, 0.5) is 0 Å². The number of carbonyl (C=O) groups excluding carboxylic acids is 1. The zero-order chi connectivity index (χ0) is 14.2. The van der Waals surface area contributed by atoms with Crippen LogP contribution in [0, 0.1) is 5.92 Å². The van der Waals surface area contributed by atoms with E-state index in [9.17, 15) is 4.79 Å². The fraction of sp³-hybridized carbons (Fsp3) is 0.562. The minimum atomic E-state index is -1.71. The molecule has 0 aliphatic carbocycles. The highest BCUT2D eigenvalue weighted by Crippen LogP contribution is 2.44. The summed E-state index contributed by atoms with van der Waals surface area (Å²) in [5.41, 5.74) is 1.90. The molecule has 2 rings (SSSR count). The van der Waals surface area contributed by atoms with E-state index in [1.54, 1.807) is 0 Å². The summed E-state index contributed by atoms with van der Waals surface area (Å²) in [5, 5.41) is 0. The predicted octanol–water partition coefficient (Wildman–Crippen LogP) is 4.21. The Balaban J connectivity index is 2.25. The minimum absolute atomic E-state index is 0.316. The highest BCUT2D eigenvalue weighted by Gasteiger charge is 2.49. The van der Waals surface area contributed by atoms with Gasteiger partial charge in [-0.05, 0) is 17.0 Å². The fourth-order valence-electron chi connectivity index (χ4n) is 3.12. The fourth-order valence-corrected chi connectivity index (χ4v) is 6.96. The Morgan fingerprint density at radius 2 is 1.74 bits per heavy atom. The van der Waals surface area contributed by atoms with Crippen LogP contribution in [0.3, 0.4) is 0 Å². The molecule has 3 heteroatoms. The number of hydrogen-bond acceptors (Lipinski definition) is 1. The van der Waals surface area contributed by atoms with Gasteiger partial charge in [0.1, 0.15) is 0 Å². The van der Waals surface area contributed by atoms with Crippen LogP contribution in [0.1, 0.15) is 38.8 Å². The van der Waals surface area contributed by atoms with Crippen LogP contribution in [-0.4, -0.2) is 18.7 Å². The number of amides is 1. The van der Waals surface area contributed by atoms with E-state index in [2.05, 4.69) is 62.7 Å². The Labute approximate surface area is 117 Å². The van der Waals surface area contributed by atoms with Crippen LogP contribution in [0.2, 0.25) is 18.6 Å². The molecule has 0 aromatic heterocycles. The SMILES string of the molecule is CC(C)C(C)[Si](C)(C)N1C(=O)CC1c1ccccc1.